The molecule has 1 aromatic carbocycles. The molecule has 0 aliphatic carbocycles. The third kappa shape index (κ3) is 2.12. The average molecular weight is 254 g/mol. The number of aliphatic hydroxyl groups is 1. The molecular weight excluding hydrogens is 240 g/mol. The van der Waals surface area contributed by atoms with Crippen LogP contribution in [0.3, 0.4) is 0 Å². The van der Waals surface area contributed by atoms with Gasteiger partial charge < -0.3 is 15.3 Å². The van der Waals surface area contributed by atoms with Crippen LogP contribution in [-0.4, -0.2) is 10.1 Å². The van der Waals surface area contributed by atoms with Crippen molar-refractivity contribution >= 4 is 11.0 Å². The average Bonchev–Trinajstić information content (AvgIpc) is 2.94. The highest BCUT2D eigenvalue weighted by atomic mass is 16.3. The molecule has 2 heterocycles. The van der Waals surface area contributed by atoms with Crippen LogP contribution in [-0.2, 0) is 13.2 Å². The van der Waals surface area contributed by atoms with Crippen LogP contribution in [0.2, 0.25) is 0 Å². The van der Waals surface area contributed by atoms with Crippen LogP contribution in [0.15, 0.2) is 47.2 Å². The maximum absolute atomic E-state index is 9.34. The zero-order valence-corrected chi connectivity index (χ0v) is 10.3. The van der Waals surface area contributed by atoms with Crippen LogP contribution in [0.25, 0.3) is 22.1 Å². The number of furan rings is 1. The van der Waals surface area contributed by atoms with Crippen molar-refractivity contribution in [3.63, 3.8) is 0 Å². The van der Waals surface area contributed by atoms with Gasteiger partial charge in [0.15, 0.2) is 0 Å². The van der Waals surface area contributed by atoms with Crippen molar-refractivity contribution in [1.82, 2.24) is 4.98 Å². The van der Waals surface area contributed by atoms with Gasteiger partial charge in [0.1, 0.15) is 5.58 Å². The van der Waals surface area contributed by atoms with Gasteiger partial charge in [-0.25, -0.2) is 0 Å². The number of nitrogens with zero attached hydrogens (tertiary/aromatic N) is 1. The Morgan fingerprint density at radius 1 is 1.21 bits per heavy atom. The Morgan fingerprint density at radius 2 is 2.11 bits per heavy atom. The summed E-state index contributed by atoms with van der Waals surface area (Å²) in [4.78, 5) is 4.19. The van der Waals surface area contributed by atoms with E-state index in [0.717, 1.165) is 33.4 Å². The van der Waals surface area contributed by atoms with Crippen molar-refractivity contribution in [3.8, 4) is 11.1 Å². The monoisotopic (exact) mass is 254 g/mol. The van der Waals surface area contributed by atoms with Crippen molar-refractivity contribution in [2.24, 2.45) is 5.73 Å². The van der Waals surface area contributed by atoms with Gasteiger partial charge in [0.2, 0.25) is 0 Å². The molecule has 0 aliphatic heterocycles. The number of pyridine rings is 1. The molecule has 3 N–H and O–H groups in total. The van der Waals surface area contributed by atoms with Crippen molar-refractivity contribution in [2.75, 3.05) is 0 Å². The lowest BCUT2D eigenvalue weighted by atomic mass is 10.0. The summed E-state index contributed by atoms with van der Waals surface area (Å²) < 4.78 is 5.54. The number of aromatic nitrogens is 1. The number of aliphatic hydroxyl groups excluding tert-OH is 1. The summed E-state index contributed by atoms with van der Waals surface area (Å²) in [7, 11) is 0. The lowest BCUT2D eigenvalue weighted by molar-refractivity contribution is 0.282. The van der Waals surface area contributed by atoms with Gasteiger partial charge >= 0.3 is 0 Å². The first-order chi connectivity index (χ1) is 9.31. The second kappa shape index (κ2) is 4.84. The summed E-state index contributed by atoms with van der Waals surface area (Å²) in [5.74, 6) is 0. The first-order valence-electron chi connectivity index (χ1n) is 6.08. The van der Waals surface area contributed by atoms with Gasteiger partial charge in [-0.2, -0.15) is 0 Å². The highest BCUT2D eigenvalue weighted by Crippen LogP contribution is 2.31. The maximum atomic E-state index is 9.34. The fraction of sp³-hybridized carbons (Fsp3) is 0.133. The Hall–Kier alpha value is -2.17. The topological polar surface area (TPSA) is 72.3 Å². The van der Waals surface area contributed by atoms with Crippen LogP contribution >= 0.6 is 0 Å². The Labute approximate surface area is 110 Å². The zero-order chi connectivity index (χ0) is 13.2. The first kappa shape index (κ1) is 11.9. The number of nitrogens with two attached hydrogens (primary N) is 1. The smallest absolute Gasteiger partial charge is 0.141 e. The van der Waals surface area contributed by atoms with E-state index in [1.54, 1.807) is 12.5 Å². The minimum Gasteiger partial charge on any atom is -0.464 e. The molecule has 3 rings (SSSR count). The molecule has 19 heavy (non-hydrogen) atoms. The largest absolute Gasteiger partial charge is 0.464 e. The molecule has 0 amide bonds. The normalized spacial score (nSPS) is 11.1. The lowest BCUT2D eigenvalue weighted by Gasteiger charge is -2.07. The number of rotatable bonds is 3. The fourth-order valence-electron chi connectivity index (χ4n) is 2.21. The van der Waals surface area contributed by atoms with Crippen molar-refractivity contribution in [3.05, 3.63) is 54.0 Å². The highest BCUT2D eigenvalue weighted by Gasteiger charge is 2.09. The quantitative estimate of drug-likeness (QED) is 0.753. The molecule has 2 aromatic heterocycles. The molecule has 0 spiro atoms. The Kier molecular flexibility index (Phi) is 3.03. The molecule has 0 fully saturated rings. The van der Waals surface area contributed by atoms with E-state index < -0.39 is 0 Å². The molecule has 0 saturated heterocycles. The Bertz CT molecular complexity index is 719. The minimum atomic E-state index is 0.00293. The zero-order valence-electron chi connectivity index (χ0n) is 10.3. The Balaban J connectivity index is 2.24. The lowest BCUT2D eigenvalue weighted by Crippen LogP contribution is -1.99. The third-order valence-corrected chi connectivity index (χ3v) is 3.13. The van der Waals surface area contributed by atoms with Gasteiger partial charge in [0, 0.05) is 23.7 Å². The summed E-state index contributed by atoms with van der Waals surface area (Å²) in [6.45, 7) is 0.401. The molecule has 0 bridgehead atoms. The van der Waals surface area contributed by atoms with Crippen molar-refractivity contribution < 1.29 is 9.52 Å². The highest BCUT2D eigenvalue weighted by molar-refractivity contribution is 5.93. The van der Waals surface area contributed by atoms with Gasteiger partial charge in [-0.15, -0.1) is 0 Å². The number of hydrogen-bond donors (Lipinski definition) is 2. The summed E-state index contributed by atoms with van der Waals surface area (Å²) in [6, 6.07) is 9.61. The van der Waals surface area contributed by atoms with Gasteiger partial charge in [-0.3, -0.25) is 4.98 Å². The summed E-state index contributed by atoms with van der Waals surface area (Å²) in [5, 5.41) is 10.3. The first-order valence-corrected chi connectivity index (χ1v) is 6.08. The molecule has 0 aliphatic rings. The van der Waals surface area contributed by atoms with E-state index in [0.29, 0.717) is 6.54 Å². The predicted molar refractivity (Wildman–Crippen MR) is 73.3 cm³/mol. The molecule has 4 nitrogen and oxygen atoms in total. The molecule has 0 saturated carbocycles. The molecule has 96 valence electrons. The maximum Gasteiger partial charge on any atom is 0.141 e. The van der Waals surface area contributed by atoms with E-state index in [1.165, 1.54) is 0 Å². The second-order valence-corrected chi connectivity index (χ2v) is 4.38. The van der Waals surface area contributed by atoms with Crippen LogP contribution in [0.4, 0.5) is 0 Å². The molecule has 4 heteroatoms. The fourth-order valence-corrected chi connectivity index (χ4v) is 2.21. The van der Waals surface area contributed by atoms with E-state index >= 15 is 0 Å². The standard InChI is InChI=1S/C15H14N2O2/c16-8-13-7-11(1-3-17-13)14-6-10(9-18)5-12-2-4-19-15(12)14/h1-7,18H,8-9,16H2. The number of benzene rings is 1. The molecule has 3 aromatic rings. The summed E-state index contributed by atoms with van der Waals surface area (Å²) in [5.41, 5.74) is 10.1. The van der Waals surface area contributed by atoms with Crippen LogP contribution in [0.5, 0.6) is 0 Å². The van der Waals surface area contributed by atoms with E-state index in [4.69, 9.17) is 10.2 Å². The second-order valence-electron chi connectivity index (χ2n) is 4.38. The summed E-state index contributed by atoms with van der Waals surface area (Å²) in [6.07, 6.45) is 3.39. The van der Waals surface area contributed by atoms with Gasteiger partial charge in [-0.05, 0) is 41.5 Å². The van der Waals surface area contributed by atoms with Gasteiger partial charge in [-0.1, -0.05) is 0 Å². The van der Waals surface area contributed by atoms with E-state index in [1.807, 2.05) is 30.3 Å². The molecule has 0 atom stereocenters. The molecular formula is C15H14N2O2. The van der Waals surface area contributed by atoms with Crippen molar-refractivity contribution in [1.29, 1.82) is 0 Å². The van der Waals surface area contributed by atoms with Gasteiger partial charge in [0.25, 0.3) is 0 Å². The molecule has 0 unspecified atom stereocenters. The van der Waals surface area contributed by atoms with Crippen molar-refractivity contribution in [2.45, 2.75) is 13.2 Å². The van der Waals surface area contributed by atoms with Gasteiger partial charge in [0.05, 0.1) is 18.6 Å². The summed E-state index contributed by atoms with van der Waals surface area (Å²) >= 11 is 0. The predicted octanol–water partition coefficient (Wildman–Crippen LogP) is 2.45. The minimum absolute atomic E-state index is 0.00293. The SMILES string of the molecule is NCc1cc(-c2cc(CO)cc3ccoc23)ccn1. The molecule has 0 radical (unpaired) electrons. The number of hydrogen-bond acceptors (Lipinski definition) is 4. The number of fused-ring (bicyclic) bond motifs is 1. The van der Waals surface area contributed by atoms with Crippen LogP contribution in [0, 0.1) is 0 Å². The van der Waals surface area contributed by atoms with E-state index in [2.05, 4.69) is 4.98 Å². The van der Waals surface area contributed by atoms with E-state index in [-0.39, 0.29) is 6.61 Å². The Morgan fingerprint density at radius 3 is 2.89 bits per heavy atom. The third-order valence-electron chi connectivity index (χ3n) is 3.13. The van der Waals surface area contributed by atoms with Crippen LogP contribution in [0.1, 0.15) is 11.3 Å². The van der Waals surface area contributed by atoms with Crippen LogP contribution < -0.4 is 5.73 Å². The van der Waals surface area contributed by atoms with E-state index in [9.17, 15) is 5.11 Å².